The Morgan fingerprint density at radius 2 is 1.61 bits per heavy atom. The molecule has 2 atom stereocenters. The minimum absolute atomic E-state index is 0. The van der Waals surface area contributed by atoms with Crippen LogP contribution >= 0.6 is 0 Å². The maximum Gasteiger partial charge on any atom is 1.00 e. The fourth-order valence-electron chi connectivity index (χ4n) is 2.68. The van der Waals surface area contributed by atoms with Crippen molar-refractivity contribution in [3.8, 4) is 0 Å². The van der Waals surface area contributed by atoms with Gasteiger partial charge < -0.3 is 14.8 Å². The number of ether oxygens (including phenoxy) is 2. The second kappa shape index (κ2) is 8.15. The number of benzene rings is 2. The van der Waals surface area contributed by atoms with Gasteiger partial charge in [-0.05, 0) is 19.4 Å². The zero-order chi connectivity index (χ0) is 15.4. The second-order valence-electron chi connectivity index (χ2n) is 6.05. The van der Waals surface area contributed by atoms with Crippen molar-refractivity contribution in [1.82, 2.24) is 0 Å². The third kappa shape index (κ3) is 4.94. The minimum Gasteiger partial charge on any atom is -0.651 e. The molecule has 0 aromatic heterocycles. The molecule has 1 heterocycles. The van der Waals surface area contributed by atoms with Crippen molar-refractivity contribution in [3.63, 3.8) is 0 Å². The van der Waals surface area contributed by atoms with E-state index in [9.17, 15) is 0 Å². The van der Waals surface area contributed by atoms with Crippen LogP contribution in [0, 0.1) is 0 Å². The van der Waals surface area contributed by atoms with Gasteiger partial charge in [-0.3, -0.25) is 0 Å². The summed E-state index contributed by atoms with van der Waals surface area (Å²) >= 11 is 0. The van der Waals surface area contributed by atoms with Gasteiger partial charge in [0.2, 0.25) is 0 Å². The molecule has 4 heteroatoms. The Labute approximate surface area is 150 Å². The van der Waals surface area contributed by atoms with Crippen molar-refractivity contribution in [1.29, 1.82) is 0 Å². The maximum atomic E-state index is 6.14. The van der Waals surface area contributed by atoms with Gasteiger partial charge in [-0.2, -0.15) is 0 Å². The largest absolute Gasteiger partial charge is 1.00 e. The molecular formula is C19H22LiNO2. The second-order valence-corrected chi connectivity index (χ2v) is 6.05. The molecule has 1 fully saturated rings. The fraction of sp³-hybridized carbons (Fsp3) is 0.368. The topological polar surface area (TPSA) is 32.6 Å². The van der Waals surface area contributed by atoms with Gasteiger partial charge in [-0.25, -0.2) is 0 Å². The van der Waals surface area contributed by atoms with E-state index in [-0.39, 0.29) is 31.0 Å². The van der Waals surface area contributed by atoms with Crippen LogP contribution in [0.2, 0.25) is 0 Å². The van der Waals surface area contributed by atoms with Gasteiger partial charge in [0.15, 0.2) is 5.79 Å². The van der Waals surface area contributed by atoms with E-state index in [1.807, 2.05) is 50.2 Å². The summed E-state index contributed by atoms with van der Waals surface area (Å²) in [5.41, 5.74) is 2.36. The van der Waals surface area contributed by atoms with Crippen LogP contribution in [-0.2, 0) is 16.0 Å². The minimum atomic E-state index is -0.570. The van der Waals surface area contributed by atoms with Gasteiger partial charge in [0.1, 0.15) is 0 Å². The zero-order valence-electron chi connectivity index (χ0n) is 14.1. The van der Waals surface area contributed by atoms with Gasteiger partial charge >= 0.3 is 18.9 Å². The molecule has 23 heavy (non-hydrogen) atoms. The first-order valence-corrected chi connectivity index (χ1v) is 7.71. The van der Waals surface area contributed by atoms with Crippen LogP contribution in [0.5, 0.6) is 0 Å². The van der Waals surface area contributed by atoms with Gasteiger partial charge in [0.05, 0.1) is 6.10 Å². The Kier molecular flexibility index (Phi) is 6.47. The summed E-state index contributed by atoms with van der Waals surface area (Å²) in [6, 6.07) is 20.6. The molecule has 2 aromatic carbocycles. The molecule has 0 aliphatic carbocycles. The Hall–Kier alpha value is -1.08. The van der Waals surface area contributed by atoms with E-state index in [0.717, 1.165) is 5.56 Å². The number of rotatable bonds is 4. The maximum absolute atomic E-state index is 6.14. The van der Waals surface area contributed by atoms with E-state index in [4.69, 9.17) is 14.8 Å². The predicted molar refractivity (Wildman–Crippen MR) is 87.6 cm³/mol. The molecule has 0 amide bonds. The van der Waals surface area contributed by atoms with E-state index in [1.54, 1.807) is 0 Å². The number of hydrogen-bond donors (Lipinski definition) is 0. The van der Waals surface area contributed by atoms with Crippen LogP contribution in [0.1, 0.15) is 31.1 Å². The van der Waals surface area contributed by atoms with Crippen molar-refractivity contribution < 1.29 is 28.3 Å². The van der Waals surface area contributed by atoms with E-state index in [1.165, 1.54) is 5.56 Å². The number of hydrogen-bond acceptors (Lipinski definition) is 2. The first-order chi connectivity index (χ1) is 10.6. The molecule has 0 unspecified atom stereocenters. The third-order valence-electron chi connectivity index (χ3n) is 3.84. The predicted octanol–water partition coefficient (Wildman–Crippen LogP) is 1.46. The van der Waals surface area contributed by atoms with Crippen LogP contribution in [0.4, 0.5) is 0 Å². The Morgan fingerprint density at radius 3 is 2.26 bits per heavy atom. The van der Waals surface area contributed by atoms with Crippen molar-refractivity contribution in [3.05, 3.63) is 77.1 Å². The average Bonchev–Trinajstić information content (AvgIpc) is 2.55. The molecule has 0 N–H and O–H groups in total. The monoisotopic (exact) mass is 303 g/mol. The summed E-state index contributed by atoms with van der Waals surface area (Å²) in [6.45, 7) is 5.17. The molecule has 0 radical (unpaired) electrons. The molecule has 1 aliphatic rings. The molecule has 116 valence electrons. The van der Waals surface area contributed by atoms with Gasteiger partial charge in [-0.15, -0.1) is 6.54 Å². The first-order valence-electron chi connectivity index (χ1n) is 7.71. The van der Waals surface area contributed by atoms with Crippen molar-refractivity contribution in [2.45, 2.75) is 38.3 Å². The van der Waals surface area contributed by atoms with Crippen LogP contribution in [-0.4, -0.2) is 18.4 Å². The summed E-state index contributed by atoms with van der Waals surface area (Å²) in [4.78, 5) is 0. The molecule has 0 spiro atoms. The van der Waals surface area contributed by atoms with Gasteiger partial charge in [-0.1, -0.05) is 72.3 Å². The zero-order valence-corrected chi connectivity index (χ0v) is 14.1. The molecule has 3 rings (SSSR count). The van der Waals surface area contributed by atoms with Crippen LogP contribution in [0.15, 0.2) is 60.7 Å². The van der Waals surface area contributed by atoms with Crippen molar-refractivity contribution >= 4 is 0 Å². The fourth-order valence-corrected chi connectivity index (χ4v) is 2.68. The Bertz CT molecular complexity index is 589. The van der Waals surface area contributed by atoms with Crippen LogP contribution in [0.25, 0.3) is 5.32 Å². The van der Waals surface area contributed by atoms with E-state index >= 15 is 0 Å². The van der Waals surface area contributed by atoms with E-state index < -0.39 is 5.79 Å². The molecular weight excluding hydrogens is 281 g/mol. The summed E-state index contributed by atoms with van der Waals surface area (Å²) in [6.07, 6.45) is -0.0614. The Balaban J connectivity index is 0.00000192. The SMILES string of the molecule is CC1(C)OC[C@H]([N-]Cc2ccccc2)[C@H](c2ccccc2)O1.[Li+]. The average molecular weight is 303 g/mol. The van der Waals surface area contributed by atoms with Crippen LogP contribution in [0.3, 0.4) is 0 Å². The smallest absolute Gasteiger partial charge is 0.651 e. The quantitative estimate of drug-likeness (QED) is 0.801. The number of nitrogens with zero attached hydrogens (tertiary/aromatic N) is 1. The van der Waals surface area contributed by atoms with Crippen molar-refractivity contribution in [2.75, 3.05) is 6.61 Å². The molecule has 1 aliphatic heterocycles. The third-order valence-corrected chi connectivity index (χ3v) is 3.84. The normalized spacial score (nSPS) is 23.0. The first kappa shape index (κ1) is 18.3. The molecule has 0 bridgehead atoms. The summed E-state index contributed by atoms with van der Waals surface area (Å²) in [5.74, 6) is -0.570. The van der Waals surface area contributed by atoms with Crippen LogP contribution < -0.4 is 18.9 Å². The summed E-state index contributed by atoms with van der Waals surface area (Å²) in [7, 11) is 0. The van der Waals surface area contributed by atoms with Gasteiger partial charge in [0.25, 0.3) is 0 Å². The van der Waals surface area contributed by atoms with Crippen molar-refractivity contribution in [2.24, 2.45) is 0 Å². The van der Waals surface area contributed by atoms with E-state index in [2.05, 4.69) is 24.3 Å². The summed E-state index contributed by atoms with van der Waals surface area (Å²) in [5, 5.41) is 4.83. The molecule has 0 saturated carbocycles. The summed E-state index contributed by atoms with van der Waals surface area (Å²) < 4.78 is 11.9. The standard InChI is InChI=1S/C19H22NO2.Li/c1-19(2)21-14-17(20-13-15-9-5-3-6-10-15)18(22-19)16-11-7-4-8-12-16;/h3-12,17-18H,13-14H2,1-2H3;/q-1;+1/t17-,18-;/m0./s1. The Morgan fingerprint density at radius 1 is 1.00 bits per heavy atom. The molecule has 3 nitrogen and oxygen atoms in total. The molecule has 2 aromatic rings. The van der Waals surface area contributed by atoms with Gasteiger partial charge in [0, 0.05) is 6.61 Å². The van der Waals surface area contributed by atoms with E-state index in [0.29, 0.717) is 13.2 Å². The molecule has 1 saturated heterocycles.